The molecule has 1 amide bonds. The van der Waals surface area contributed by atoms with Crippen molar-refractivity contribution in [2.45, 2.75) is 17.6 Å². The van der Waals surface area contributed by atoms with Crippen molar-refractivity contribution in [1.29, 1.82) is 0 Å². The molecular formula is C21H18N4O4S2. The van der Waals surface area contributed by atoms with Gasteiger partial charge >= 0.3 is 0 Å². The maximum absolute atomic E-state index is 12.3. The van der Waals surface area contributed by atoms with Gasteiger partial charge in [0, 0.05) is 23.9 Å². The topological polar surface area (TPSA) is 114 Å². The molecule has 31 heavy (non-hydrogen) atoms. The van der Waals surface area contributed by atoms with E-state index in [1.54, 1.807) is 41.8 Å². The predicted molar refractivity (Wildman–Crippen MR) is 118 cm³/mol. The molecule has 0 fully saturated rings. The Kier molecular flexibility index (Phi) is 5.83. The van der Waals surface area contributed by atoms with Crippen molar-refractivity contribution < 1.29 is 17.7 Å². The number of hydrogen-bond donors (Lipinski definition) is 2. The summed E-state index contributed by atoms with van der Waals surface area (Å²) in [7, 11) is -3.59. The van der Waals surface area contributed by atoms with Crippen LogP contribution in [0.15, 0.2) is 74.8 Å². The zero-order valence-corrected chi connectivity index (χ0v) is 18.0. The molecule has 0 aliphatic rings. The smallest absolute Gasteiger partial charge is 0.271 e. The summed E-state index contributed by atoms with van der Waals surface area (Å²) >= 11 is 1.15. The monoisotopic (exact) mass is 454 g/mol. The quantitative estimate of drug-likeness (QED) is 0.434. The molecule has 0 unspecified atom stereocenters. The lowest BCUT2D eigenvalue weighted by molar-refractivity contribution is -0.114. The van der Waals surface area contributed by atoms with Gasteiger partial charge in [0.25, 0.3) is 10.0 Å². The zero-order valence-electron chi connectivity index (χ0n) is 16.4. The first-order chi connectivity index (χ1) is 14.9. The molecule has 0 saturated carbocycles. The van der Waals surface area contributed by atoms with Crippen LogP contribution < -0.4 is 10.0 Å². The van der Waals surface area contributed by atoms with Crippen LogP contribution in [0.5, 0.6) is 0 Å². The van der Waals surface area contributed by atoms with E-state index in [9.17, 15) is 13.2 Å². The maximum atomic E-state index is 12.3. The number of anilines is 2. The van der Waals surface area contributed by atoms with Gasteiger partial charge in [-0.05, 0) is 53.4 Å². The number of amides is 1. The number of rotatable bonds is 7. The SMILES string of the molecule is CC(=O)Nc1ccc(Cc2nc(-c3ccc(NS(=O)(=O)c4cccs4)cc3)no2)cc1. The van der Waals surface area contributed by atoms with Gasteiger partial charge in [0.2, 0.25) is 17.6 Å². The van der Waals surface area contributed by atoms with Crippen molar-refractivity contribution in [3.63, 3.8) is 0 Å². The van der Waals surface area contributed by atoms with E-state index in [2.05, 4.69) is 20.2 Å². The van der Waals surface area contributed by atoms with Crippen molar-refractivity contribution in [3.05, 3.63) is 77.5 Å². The molecule has 158 valence electrons. The summed E-state index contributed by atoms with van der Waals surface area (Å²) in [5.41, 5.74) is 2.83. The maximum Gasteiger partial charge on any atom is 0.271 e. The Morgan fingerprint density at radius 1 is 1.03 bits per heavy atom. The average molecular weight is 455 g/mol. The summed E-state index contributed by atoms with van der Waals surface area (Å²) < 4.78 is 32.8. The van der Waals surface area contributed by atoms with Gasteiger partial charge in [0.15, 0.2) is 0 Å². The molecule has 0 radical (unpaired) electrons. The molecule has 0 saturated heterocycles. The fourth-order valence-electron chi connectivity index (χ4n) is 2.84. The molecule has 0 aliphatic carbocycles. The second-order valence-corrected chi connectivity index (χ2v) is 9.54. The highest BCUT2D eigenvalue weighted by Crippen LogP contribution is 2.23. The average Bonchev–Trinajstić information content (AvgIpc) is 3.42. The van der Waals surface area contributed by atoms with Gasteiger partial charge in [-0.2, -0.15) is 4.98 Å². The summed E-state index contributed by atoms with van der Waals surface area (Å²) in [6.45, 7) is 1.46. The van der Waals surface area contributed by atoms with Crippen LogP contribution in [0.3, 0.4) is 0 Å². The number of sulfonamides is 1. The Morgan fingerprint density at radius 2 is 1.74 bits per heavy atom. The van der Waals surface area contributed by atoms with E-state index in [1.165, 1.54) is 6.92 Å². The first-order valence-electron chi connectivity index (χ1n) is 9.25. The van der Waals surface area contributed by atoms with E-state index in [0.717, 1.165) is 22.6 Å². The Balaban J connectivity index is 1.42. The fraction of sp³-hybridized carbons (Fsp3) is 0.0952. The van der Waals surface area contributed by atoms with Crippen LogP contribution in [-0.4, -0.2) is 24.5 Å². The third kappa shape index (κ3) is 5.16. The highest BCUT2D eigenvalue weighted by molar-refractivity contribution is 7.94. The third-order valence-electron chi connectivity index (χ3n) is 4.25. The number of carbonyl (C=O) groups is 1. The van der Waals surface area contributed by atoms with Gasteiger partial charge < -0.3 is 9.84 Å². The molecule has 4 aromatic rings. The third-order valence-corrected chi connectivity index (χ3v) is 7.03. The minimum absolute atomic E-state index is 0.125. The van der Waals surface area contributed by atoms with Crippen molar-refractivity contribution in [3.8, 4) is 11.4 Å². The minimum Gasteiger partial charge on any atom is -0.339 e. The highest BCUT2D eigenvalue weighted by Gasteiger charge is 2.15. The Morgan fingerprint density at radius 3 is 2.39 bits per heavy atom. The summed E-state index contributed by atoms with van der Waals surface area (Å²) in [4.78, 5) is 15.5. The Hall–Kier alpha value is -3.50. The van der Waals surface area contributed by atoms with E-state index in [4.69, 9.17) is 4.52 Å². The Labute approximate surface area is 183 Å². The molecule has 0 spiro atoms. The second-order valence-electron chi connectivity index (χ2n) is 6.68. The molecule has 10 heteroatoms. The molecular weight excluding hydrogens is 436 g/mol. The predicted octanol–water partition coefficient (Wildman–Crippen LogP) is 4.15. The minimum atomic E-state index is -3.59. The number of carbonyl (C=O) groups excluding carboxylic acids is 1. The van der Waals surface area contributed by atoms with Crippen LogP contribution in [0.25, 0.3) is 11.4 Å². The number of thiophene rings is 1. The van der Waals surface area contributed by atoms with Crippen LogP contribution in [-0.2, 0) is 21.2 Å². The lowest BCUT2D eigenvalue weighted by Gasteiger charge is -2.06. The molecule has 2 heterocycles. The lowest BCUT2D eigenvalue weighted by atomic mass is 10.1. The number of benzene rings is 2. The summed E-state index contributed by atoms with van der Waals surface area (Å²) in [5, 5.41) is 8.43. The number of nitrogens with zero attached hydrogens (tertiary/aromatic N) is 2. The van der Waals surface area contributed by atoms with Gasteiger partial charge in [-0.25, -0.2) is 8.42 Å². The van der Waals surface area contributed by atoms with E-state index < -0.39 is 10.0 Å². The summed E-state index contributed by atoms with van der Waals surface area (Å²) in [6, 6.07) is 17.4. The normalized spacial score (nSPS) is 11.3. The summed E-state index contributed by atoms with van der Waals surface area (Å²) in [6.07, 6.45) is 0.450. The van der Waals surface area contributed by atoms with Crippen molar-refractivity contribution in [2.24, 2.45) is 0 Å². The van der Waals surface area contributed by atoms with Crippen LogP contribution in [0.1, 0.15) is 18.4 Å². The van der Waals surface area contributed by atoms with Gasteiger partial charge in [-0.15, -0.1) is 11.3 Å². The largest absolute Gasteiger partial charge is 0.339 e. The van der Waals surface area contributed by atoms with Crippen molar-refractivity contribution in [2.75, 3.05) is 10.0 Å². The van der Waals surface area contributed by atoms with E-state index in [1.807, 2.05) is 24.3 Å². The summed E-state index contributed by atoms with van der Waals surface area (Å²) in [5.74, 6) is 0.738. The second kappa shape index (κ2) is 8.70. The van der Waals surface area contributed by atoms with Gasteiger partial charge in [0.05, 0.1) is 6.42 Å². The first-order valence-corrected chi connectivity index (χ1v) is 11.6. The zero-order chi connectivity index (χ0) is 21.8. The molecule has 2 aromatic heterocycles. The van der Waals surface area contributed by atoms with Crippen LogP contribution >= 0.6 is 11.3 Å². The molecule has 8 nitrogen and oxygen atoms in total. The van der Waals surface area contributed by atoms with Crippen LogP contribution in [0.4, 0.5) is 11.4 Å². The molecule has 0 aliphatic heterocycles. The number of aromatic nitrogens is 2. The van der Waals surface area contributed by atoms with Crippen LogP contribution in [0.2, 0.25) is 0 Å². The Bertz CT molecular complexity index is 1280. The van der Waals surface area contributed by atoms with Gasteiger partial charge in [0.1, 0.15) is 4.21 Å². The first kappa shape index (κ1) is 20.8. The van der Waals surface area contributed by atoms with Crippen molar-refractivity contribution in [1.82, 2.24) is 10.1 Å². The fourth-order valence-corrected chi connectivity index (χ4v) is 4.89. The van der Waals surface area contributed by atoms with Gasteiger partial charge in [-0.1, -0.05) is 23.4 Å². The number of hydrogen-bond acceptors (Lipinski definition) is 7. The van der Waals surface area contributed by atoms with Crippen molar-refractivity contribution >= 4 is 38.6 Å². The number of nitrogens with one attached hydrogen (secondary N) is 2. The molecule has 0 atom stereocenters. The van der Waals surface area contributed by atoms with E-state index in [0.29, 0.717) is 29.4 Å². The standard InChI is InChI=1S/C21H18N4O4S2/c1-14(26)22-17-8-4-15(5-9-17)13-19-23-21(24-29-19)16-6-10-18(11-7-16)25-31(27,28)20-3-2-12-30-20/h2-12,25H,13H2,1H3,(H,22,26). The molecule has 2 aromatic carbocycles. The highest BCUT2D eigenvalue weighted by atomic mass is 32.2. The van der Waals surface area contributed by atoms with E-state index >= 15 is 0 Å². The molecule has 2 N–H and O–H groups in total. The molecule has 4 rings (SSSR count). The van der Waals surface area contributed by atoms with Gasteiger partial charge in [-0.3, -0.25) is 9.52 Å². The lowest BCUT2D eigenvalue weighted by Crippen LogP contribution is -2.11. The van der Waals surface area contributed by atoms with E-state index in [-0.39, 0.29) is 10.1 Å². The van der Waals surface area contributed by atoms with Crippen LogP contribution in [0, 0.1) is 0 Å². The molecule has 0 bridgehead atoms.